The Labute approximate surface area is 151 Å². The smallest absolute Gasteiger partial charge is 0.339 e. The molecule has 1 aromatic heterocycles. The van der Waals surface area contributed by atoms with Crippen LogP contribution in [0.4, 0.5) is 0 Å². The van der Waals surface area contributed by atoms with Gasteiger partial charge >= 0.3 is 5.97 Å². The monoisotopic (exact) mass is 349 g/mol. The van der Waals surface area contributed by atoms with Crippen LogP contribution in [0.3, 0.4) is 0 Å². The van der Waals surface area contributed by atoms with Gasteiger partial charge in [0.15, 0.2) is 5.76 Å². The lowest BCUT2D eigenvalue weighted by atomic mass is 10.1. The number of carbonyl (C=O) groups is 1. The summed E-state index contributed by atoms with van der Waals surface area (Å²) < 4.78 is 16.8. The van der Waals surface area contributed by atoms with E-state index in [2.05, 4.69) is 4.98 Å². The van der Waals surface area contributed by atoms with Gasteiger partial charge in [0.1, 0.15) is 6.61 Å². The third kappa shape index (κ3) is 3.53. The Balaban J connectivity index is 1.56. The van der Waals surface area contributed by atoms with Crippen LogP contribution in [0, 0.1) is 0 Å². The van der Waals surface area contributed by atoms with Gasteiger partial charge in [-0.15, -0.1) is 0 Å². The Morgan fingerprint density at radius 2 is 1.92 bits per heavy atom. The number of esters is 1. The molecule has 1 aliphatic heterocycles. The maximum atomic E-state index is 12.5. The highest BCUT2D eigenvalue weighted by Gasteiger charge is 2.21. The fraction of sp³-hybridized carbons (Fsp3) is 0.238. The van der Waals surface area contributed by atoms with Crippen LogP contribution >= 0.6 is 0 Å². The van der Waals surface area contributed by atoms with Gasteiger partial charge in [0.05, 0.1) is 23.4 Å². The summed E-state index contributed by atoms with van der Waals surface area (Å²) in [7, 11) is 0. The standard InChI is InChI=1S/C21H19NO4/c23-21(25-14-16-9-6-12-24-16)18-11-5-4-10-17(18)20-22-13-19(26-20)15-7-2-1-3-8-15/h1-5,7-8,10-11,13,16H,6,9,12,14H2/t16-/m0/s1. The van der Waals surface area contributed by atoms with Crippen molar-refractivity contribution in [2.45, 2.75) is 18.9 Å². The highest BCUT2D eigenvalue weighted by Crippen LogP contribution is 2.28. The Kier molecular flexibility index (Phi) is 4.80. The van der Waals surface area contributed by atoms with Gasteiger partial charge in [-0.25, -0.2) is 9.78 Å². The van der Waals surface area contributed by atoms with Crippen molar-refractivity contribution in [3.63, 3.8) is 0 Å². The summed E-state index contributed by atoms with van der Waals surface area (Å²) >= 11 is 0. The van der Waals surface area contributed by atoms with Gasteiger partial charge in [0.25, 0.3) is 0 Å². The minimum absolute atomic E-state index is 0.00228. The lowest BCUT2D eigenvalue weighted by Crippen LogP contribution is -2.18. The molecule has 4 rings (SSSR count). The van der Waals surface area contributed by atoms with E-state index >= 15 is 0 Å². The molecule has 5 heteroatoms. The van der Waals surface area contributed by atoms with E-state index in [1.807, 2.05) is 42.5 Å². The van der Waals surface area contributed by atoms with Crippen molar-refractivity contribution in [1.29, 1.82) is 0 Å². The molecule has 0 aliphatic carbocycles. The average Bonchev–Trinajstić information content (AvgIpc) is 3.39. The number of rotatable bonds is 5. The van der Waals surface area contributed by atoms with E-state index in [0.717, 1.165) is 25.0 Å². The third-order valence-corrected chi connectivity index (χ3v) is 4.37. The van der Waals surface area contributed by atoms with E-state index in [1.54, 1.807) is 18.3 Å². The first kappa shape index (κ1) is 16.5. The number of nitrogens with zero attached hydrogens (tertiary/aromatic N) is 1. The molecule has 0 saturated carbocycles. The summed E-state index contributed by atoms with van der Waals surface area (Å²) in [5, 5.41) is 0. The first-order chi connectivity index (χ1) is 12.8. The van der Waals surface area contributed by atoms with Crippen molar-refractivity contribution >= 4 is 5.97 Å². The van der Waals surface area contributed by atoms with Crippen LogP contribution in [0.15, 0.2) is 65.2 Å². The largest absolute Gasteiger partial charge is 0.459 e. The minimum atomic E-state index is -0.393. The summed E-state index contributed by atoms with van der Waals surface area (Å²) in [6.07, 6.45) is 3.60. The molecule has 0 bridgehead atoms. The summed E-state index contributed by atoms with van der Waals surface area (Å²) in [6, 6.07) is 16.9. The maximum Gasteiger partial charge on any atom is 0.339 e. The zero-order valence-corrected chi connectivity index (χ0v) is 14.3. The Bertz CT molecular complexity index is 882. The van der Waals surface area contributed by atoms with Crippen molar-refractivity contribution in [3.05, 3.63) is 66.4 Å². The van der Waals surface area contributed by atoms with Crippen LogP contribution in [0.5, 0.6) is 0 Å². The summed E-state index contributed by atoms with van der Waals surface area (Å²) in [5.41, 5.74) is 1.99. The Morgan fingerprint density at radius 3 is 2.73 bits per heavy atom. The number of carbonyl (C=O) groups excluding carboxylic acids is 1. The minimum Gasteiger partial charge on any atom is -0.459 e. The lowest BCUT2D eigenvalue weighted by Gasteiger charge is -2.11. The molecular formula is C21H19NO4. The van der Waals surface area contributed by atoms with E-state index in [-0.39, 0.29) is 12.7 Å². The molecule has 26 heavy (non-hydrogen) atoms. The van der Waals surface area contributed by atoms with E-state index in [1.165, 1.54) is 0 Å². The fourth-order valence-corrected chi connectivity index (χ4v) is 3.00. The molecular weight excluding hydrogens is 330 g/mol. The number of hydrogen-bond acceptors (Lipinski definition) is 5. The summed E-state index contributed by atoms with van der Waals surface area (Å²) in [4.78, 5) is 16.9. The van der Waals surface area contributed by atoms with Crippen LogP contribution in [0.1, 0.15) is 23.2 Å². The summed E-state index contributed by atoms with van der Waals surface area (Å²) in [5.74, 6) is 0.659. The van der Waals surface area contributed by atoms with Crippen molar-refractivity contribution in [1.82, 2.24) is 4.98 Å². The molecule has 0 N–H and O–H groups in total. The van der Waals surface area contributed by atoms with Crippen molar-refractivity contribution < 1.29 is 18.7 Å². The first-order valence-corrected chi connectivity index (χ1v) is 8.70. The number of benzene rings is 2. The maximum absolute atomic E-state index is 12.5. The number of hydrogen-bond donors (Lipinski definition) is 0. The predicted molar refractivity (Wildman–Crippen MR) is 96.6 cm³/mol. The molecule has 5 nitrogen and oxygen atoms in total. The van der Waals surface area contributed by atoms with Gasteiger partial charge in [-0.2, -0.15) is 0 Å². The van der Waals surface area contributed by atoms with E-state index in [0.29, 0.717) is 22.8 Å². The molecule has 132 valence electrons. The molecule has 2 aromatic carbocycles. The van der Waals surface area contributed by atoms with Crippen molar-refractivity contribution in [2.24, 2.45) is 0 Å². The van der Waals surface area contributed by atoms with Gasteiger partial charge in [-0.05, 0) is 25.0 Å². The van der Waals surface area contributed by atoms with Crippen LogP contribution < -0.4 is 0 Å². The molecule has 1 fully saturated rings. The molecule has 0 amide bonds. The van der Waals surface area contributed by atoms with Crippen LogP contribution in [-0.4, -0.2) is 30.3 Å². The molecule has 1 aliphatic rings. The average molecular weight is 349 g/mol. The van der Waals surface area contributed by atoms with Gasteiger partial charge < -0.3 is 13.9 Å². The molecule has 3 aromatic rings. The second kappa shape index (κ2) is 7.54. The van der Waals surface area contributed by atoms with Gasteiger partial charge in [0, 0.05) is 12.2 Å². The summed E-state index contributed by atoms with van der Waals surface area (Å²) in [6.45, 7) is 1.01. The molecule has 1 saturated heterocycles. The normalized spacial score (nSPS) is 16.5. The zero-order valence-electron chi connectivity index (χ0n) is 14.3. The molecule has 0 unspecified atom stereocenters. The van der Waals surface area contributed by atoms with Crippen LogP contribution in [0.2, 0.25) is 0 Å². The Hall–Kier alpha value is -2.92. The highest BCUT2D eigenvalue weighted by molar-refractivity contribution is 5.96. The van der Waals surface area contributed by atoms with Crippen molar-refractivity contribution in [3.8, 4) is 22.8 Å². The van der Waals surface area contributed by atoms with E-state index in [4.69, 9.17) is 13.9 Å². The zero-order chi connectivity index (χ0) is 17.8. The van der Waals surface area contributed by atoms with Gasteiger partial charge in [-0.3, -0.25) is 0 Å². The molecule has 0 radical (unpaired) electrons. The highest BCUT2D eigenvalue weighted by atomic mass is 16.6. The fourth-order valence-electron chi connectivity index (χ4n) is 3.00. The van der Waals surface area contributed by atoms with Gasteiger partial charge in [0.2, 0.25) is 5.89 Å². The second-order valence-corrected chi connectivity index (χ2v) is 6.17. The molecule has 0 spiro atoms. The molecule has 1 atom stereocenters. The quantitative estimate of drug-likeness (QED) is 0.641. The van der Waals surface area contributed by atoms with Crippen LogP contribution in [-0.2, 0) is 9.47 Å². The second-order valence-electron chi connectivity index (χ2n) is 6.17. The number of ether oxygens (including phenoxy) is 2. The van der Waals surface area contributed by atoms with E-state index < -0.39 is 5.97 Å². The van der Waals surface area contributed by atoms with Crippen molar-refractivity contribution in [2.75, 3.05) is 13.2 Å². The third-order valence-electron chi connectivity index (χ3n) is 4.37. The molecule has 2 heterocycles. The Morgan fingerprint density at radius 1 is 1.12 bits per heavy atom. The SMILES string of the molecule is O=C(OC[C@@H]1CCCO1)c1ccccc1-c1ncc(-c2ccccc2)o1. The van der Waals surface area contributed by atoms with E-state index in [9.17, 15) is 4.79 Å². The first-order valence-electron chi connectivity index (χ1n) is 8.70. The van der Waals surface area contributed by atoms with Crippen LogP contribution in [0.25, 0.3) is 22.8 Å². The number of oxazole rings is 1. The number of aromatic nitrogens is 1. The lowest BCUT2D eigenvalue weighted by molar-refractivity contribution is 0.0162. The van der Waals surface area contributed by atoms with Gasteiger partial charge in [-0.1, -0.05) is 42.5 Å². The topological polar surface area (TPSA) is 61.6 Å². The predicted octanol–water partition coefficient (Wildman–Crippen LogP) is 4.34.